The maximum atomic E-state index is 14.7. The van der Waals surface area contributed by atoms with Crippen LogP contribution in [-0.4, -0.2) is 39.0 Å². The molecule has 2 aromatic carbocycles. The quantitative estimate of drug-likeness (QED) is 0.364. The summed E-state index contributed by atoms with van der Waals surface area (Å²) in [5, 5.41) is 2.87. The summed E-state index contributed by atoms with van der Waals surface area (Å²) in [4.78, 5) is 14.0. The first-order chi connectivity index (χ1) is 17.2. The van der Waals surface area contributed by atoms with Gasteiger partial charge in [-0.25, -0.2) is 18.7 Å². The average Bonchev–Trinajstić information content (AvgIpc) is 3.24. The molecule has 0 amide bonds. The number of hydrogen-bond acceptors (Lipinski definition) is 7. The smallest absolute Gasteiger partial charge is 0.486 e. The molecule has 1 aliphatic rings. The van der Waals surface area contributed by atoms with Gasteiger partial charge in [-0.2, -0.15) is 4.98 Å². The van der Waals surface area contributed by atoms with E-state index in [-0.39, 0.29) is 36.4 Å². The predicted octanol–water partition coefficient (Wildman–Crippen LogP) is 5.42. The minimum atomic E-state index is -5.03. The Kier molecular flexibility index (Phi) is 5.82. The predicted molar refractivity (Wildman–Crippen MR) is 119 cm³/mol. The lowest BCUT2D eigenvalue weighted by Crippen LogP contribution is -2.31. The number of hydrogen-bond donors (Lipinski definition) is 1. The first-order valence-corrected chi connectivity index (χ1v) is 10.6. The van der Waals surface area contributed by atoms with Crippen LogP contribution >= 0.6 is 0 Å². The van der Waals surface area contributed by atoms with Gasteiger partial charge in [0, 0.05) is 18.0 Å². The normalized spacial score (nSPS) is 13.2. The highest BCUT2D eigenvalue weighted by molar-refractivity contribution is 5.72. The Hall–Kier alpha value is -4.42. The van der Waals surface area contributed by atoms with Gasteiger partial charge in [-0.3, -0.25) is 0 Å². The van der Waals surface area contributed by atoms with Crippen molar-refractivity contribution in [2.24, 2.45) is 0 Å². The molecule has 2 aromatic heterocycles. The molecule has 0 radical (unpaired) electrons. The molecule has 0 fully saturated rings. The molecule has 1 N–H and O–H groups in total. The minimum absolute atomic E-state index is 0.0373. The third-order valence-electron chi connectivity index (χ3n) is 5.20. The maximum Gasteiger partial charge on any atom is 0.573 e. The van der Waals surface area contributed by atoms with E-state index in [0.29, 0.717) is 17.4 Å². The number of benzene rings is 2. The molecule has 0 aliphatic carbocycles. The molecule has 186 valence electrons. The summed E-state index contributed by atoms with van der Waals surface area (Å²) >= 11 is 0. The second-order valence-corrected chi connectivity index (χ2v) is 7.75. The third-order valence-corrected chi connectivity index (χ3v) is 5.20. The lowest BCUT2D eigenvalue weighted by molar-refractivity contribution is -0.274. The number of alkyl halides is 3. The maximum absolute atomic E-state index is 14.7. The Bertz CT molecular complexity index is 1420. The van der Waals surface area contributed by atoms with Crippen molar-refractivity contribution in [3.05, 3.63) is 72.4 Å². The number of fused-ring (bicyclic) bond motifs is 1. The molecule has 0 spiro atoms. The largest absolute Gasteiger partial charge is 0.573 e. The molecule has 0 saturated carbocycles. The molecular formula is C23H17F5N6O2. The SMILES string of the molecule is Cc1cn(-c2ccc(Nc3ncc4c(n3)N(c3ccc(F)cc3OC(F)(F)F)CCO4)cc2F)cn1. The zero-order valence-corrected chi connectivity index (χ0v) is 18.6. The zero-order valence-electron chi connectivity index (χ0n) is 18.6. The van der Waals surface area contributed by atoms with E-state index in [1.165, 1.54) is 23.5 Å². The number of nitrogens with zero attached hydrogens (tertiary/aromatic N) is 5. The monoisotopic (exact) mass is 504 g/mol. The molecule has 0 unspecified atom stereocenters. The van der Waals surface area contributed by atoms with Gasteiger partial charge in [0.25, 0.3) is 0 Å². The molecule has 0 bridgehead atoms. The van der Waals surface area contributed by atoms with Crippen LogP contribution in [0.4, 0.5) is 45.1 Å². The summed E-state index contributed by atoms with van der Waals surface area (Å²) in [6.45, 7) is 2.01. The van der Waals surface area contributed by atoms with Gasteiger partial charge in [-0.1, -0.05) is 0 Å². The van der Waals surface area contributed by atoms with Crippen LogP contribution in [0.3, 0.4) is 0 Å². The first kappa shape index (κ1) is 23.3. The van der Waals surface area contributed by atoms with E-state index in [2.05, 4.69) is 25.0 Å². The van der Waals surface area contributed by atoms with E-state index < -0.39 is 23.7 Å². The topological polar surface area (TPSA) is 77.3 Å². The summed E-state index contributed by atoms with van der Waals surface area (Å²) < 4.78 is 78.3. The number of anilines is 4. The van der Waals surface area contributed by atoms with Crippen molar-refractivity contribution >= 4 is 23.1 Å². The highest BCUT2D eigenvalue weighted by Crippen LogP contribution is 2.41. The summed E-state index contributed by atoms with van der Waals surface area (Å²) in [7, 11) is 0. The average molecular weight is 504 g/mol. The van der Waals surface area contributed by atoms with E-state index in [1.54, 1.807) is 29.8 Å². The van der Waals surface area contributed by atoms with E-state index in [9.17, 15) is 22.0 Å². The minimum Gasteiger partial charge on any atom is -0.486 e. The van der Waals surface area contributed by atoms with Crippen molar-refractivity contribution in [3.63, 3.8) is 0 Å². The van der Waals surface area contributed by atoms with Gasteiger partial charge in [0.05, 0.1) is 36.1 Å². The molecule has 0 saturated heterocycles. The Labute approximate surface area is 200 Å². The van der Waals surface area contributed by atoms with Gasteiger partial charge in [0.1, 0.15) is 18.2 Å². The Balaban J connectivity index is 1.45. The summed E-state index contributed by atoms with van der Waals surface area (Å²) in [5.41, 5.74) is 1.30. The molecule has 8 nitrogen and oxygen atoms in total. The first-order valence-electron chi connectivity index (χ1n) is 10.6. The molecule has 5 rings (SSSR count). The number of rotatable bonds is 5. The second kappa shape index (κ2) is 8.98. The molecule has 4 aromatic rings. The van der Waals surface area contributed by atoms with Crippen LogP contribution in [0.5, 0.6) is 11.5 Å². The number of aryl methyl sites for hydroxylation is 1. The van der Waals surface area contributed by atoms with Crippen LogP contribution in [0.1, 0.15) is 5.69 Å². The van der Waals surface area contributed by atoms with Crippen LogP contribution in [0, 0.1) is 18.6 Å². The molecule has 36 heavy (non-hydrogen) atoms. The molecule has 1 aliphatic heterocycles. The highest BCUT2D eigenvalue weighted by Gasteiger charge is 2.34. The fourth-order valence-corrected chi connectivity index (χ4v) is 3.70. The Morgan fingerprint density at radius 1 is 1.06 bits per heavy atom. The molecule has 0 atom stereocenters. The van der Waals surface area contributed by atoms with Crippen molar-refractivity contribution in [3.8, 4) is 17.2 Å². The molecule has 13 heteroatoms. The van der Waals surface area contributed by atoms with Crippen molar-refractivity contribution in [2.45, 2.75) is 13.3 Å². The van der Waals surface area contributed by atoms with Gasteiger partial charge in [-0.05, 0) is 37.3 Å². The van der Waals surface area contributed by atoms with Gasteiger partial charge < -0.3 is 24.3 Å². The van der Waals surface area contributed by atoms with E-state index >= 15 is 0 Å². The van der Waals surface area contributed by atoms with E-state index in [4.69, 9.17) is 4.74 Å². The van der Waals surface area contributed by atoms with Crippen LogP contribution < -0.4 is 19.7 Å². The standard InChI is InChI=1S/C23H17F5N6O2/c1-13-11-33(12-30-13)17-5-3-15(9-16(17)25)31-22-29-10-20-21(32-22)34(6-7-35-20)18-4-2-14(24)8-19(18)36-23(26,27)28/h2-5,8-12H,6-7H2,1H3,(H,29,31,32). The second-order valence-electron chi connectivity index (χ2n) is 7.75. The summed E-state index contributed by atoms with van der Waals surface area (Å²) in [6.07, 6.45) is -0.515. The zero-order chi connectivity index (χ0) is 25.4. The number of imidazole rings is 1. The Morgan fingerprint density at radius 3 is 2.58 bits per heavy atom. The summed E-state index contributed by atoms with van der Waals surface area (Å²) in [5.74, 6) is -1.78. The van der Waals surface area contributed by atoms with Gasteiger partial charge in [0.15, 0.2) is 17.3 Å². The van der Waals surface area contributed by atoms with Crippen LogP contribution in [0.25, 0.3) is 5.69 Å². The fourth-order valence-electron chi connectivity index (χ4n) is 3.70. The van der Waals surface area contributed by atoms with Crippen molar-refractivity contribution in [2.75, 3.05) is 23.4 Å². The Morgan fingerprint density at radius 2 is 1.86 bits per heavy atom. The lowest BCUT2D eigenvalue weighted by atomic mass is 10.2. The van der Waals surface area contributed by atoms with Crippen LogP contribution in [-0.2, 0) is 0 Å². The van der Waals surface area contributed by atoms with E-state index in [1.807, 2.05) is 0 Å². The van der Waals surface area contributed by atoms with Crippen molar-refractivity contribution in [1.29, 1.82) is 0 Å². The third kappa shape index (κ3) is 4.85. The van der Waals surface area contributed by atoms with E-state index in [0.717, 1.165) is 17.8 Å². The number of nitrogens with one attached hydrogen (secondary N) is 1. The number of ether oxygens (including phenoxy) is 2. The molecule has 3 heterocycles. The number of halogens is 5. The highest BCUT2D eigenvalue weighted by atomic mass is 19.4. The van der Waals surface area contributed by atoms with Gasteiger partial charge >= 0.3 is 6.36 Å². The molecular weight excluding hydrogens is 487 g/mol. The summed E-state index contributed by atoms with van der Waals surface area (Å²) in [6, 6.07) is 7.22. The number of aromatic nitrogens is 4. The van der Waals surface area contributed by atoms with Crippen molar-refractivity contribution < 1.29 is 31.4 Å². The lowest BCUT2D eigenvalue weighted by Gasteiger charge is -2.31. The van der Waals surface area contributed by atoms with Gasteiger partial charge in [-0.15, -0.1) is 13.2 Å². The van der Waals surface area contributed by atoms with Crippen LogP contribution in [0.2, 0.25) is 0 Å². The van der Waals surface area contributed by atoms with Crippen molar-refractivity contribution in [1.82, 2.24) is 19.5 Å². The van der Waals surface area contributed by atoms with Gasteiger partial charge in [0.2, 0.25) is 5.95 Å². The fraction of sp³-hybridized carbons (Fsp3) is 0.174. The van der Waals surface area contributed by atoms with Crippen LogP contribution in [0.15, 0.2) is 55.1 Å².